The standard InChI is InChI=1S/C15H18N4O2/c1-4-13-18-14(16-3)9-15(19-13)21-12-8-6-5-7-11(12)17-10(2)20/h5-9H,4H2,1-3H3,(H,17,20)(H,16,18,19). The Hall–Kier alpha value is -2.63. The molecule has 0 saturated carbocycles. The number of benzene rings is 1. The number of aryl methyl sites for hydroxylation is 1. The fourth-order valence-corrected chi connectivity index (χ4v) is 1.77. The molecule has 21 heavy (non-hydrogen) atoms. The highest BCUT2D eigenvalue weighted by molar-refractivity contribution is 5.90. The van der Waals surface area contributed by atoms with E-state index in [1.807, 2.05) is 19.1 Å². The summed E-state index contributed by atoms with van der Waals surface area (Å²) >= 11 is 0. The van der Waals surface area contributed by atoms with Gasteiger partial charge in [-0.15, -0.1) is 0 Å². The maximum Gasteiger partial charge on any atom is 0.224 e. The van der Waals surface area contributed by atoms with Crippen molar-refractivity contribution in [3.05, 3.63) is 36.2 Å². The normalized spacial score (nSPS) is 10.0. The van der Waals surface area contributed by atoms with Crippen LogP contribution in [0, 0.1) is 0 Å². The van der Waals surface area contributed by atoms with Crippen molar-refractivity contribution in [3.63, 3.8) is 0 Å². The summed E-state index contributed by atoms with van der Waals surface area (Å²) in [5.74, 6) is 2.20. The van der Waals surface area contributed by atoms with Crippen molar-refractivity contribution < 1.29 is 9.53 Å². The third kappa shape index (κ3) is 3.92. The van der Waals surface area contributed by atoms with Crippen molar-refractivity contribution in [3.8, 4) is 11.6 Å². The molecular weight excluding hydrogens is 268 g/mol. The molecule has 0 radical (unpaired) electrons. The number of carbonyl (C=O) groups is 1. The van der Waals surface area contributed by atoms with Gasteiger partial charge in [0.05, 0.1) is 5.69 Å². The SMILES string of the molecule is CCc1nc(NC)cc(Oc2ccccc2NC(C)=O)n1. The van der Waals surface area contributed by atoms with Gasteiger partial charge >= 0.3 is 0 Å². The number of nitrogens with zero attached hydrogens (tertiary/aromatic N) is 2. The average Bonchev–Trinajstić information content (AvgIpc) is 2.48. The van der Waals surface area contributed by atoms with E-state index in [0.717, 1.165) is 0 Å². The number of anilines is 2. The van der Waals surface area contributed by atoms with Crippen LogP contribution in [0.5, 0.6) is 11.6 Å². The van der Waals surface area contributed by atoms with Gasteiger partial charge in [0.2, 0.25) is 11.8 Å². The first-order valence-corrected chi connectivity index (χ1v) is 6.72. The van der Waals surface area contributed by atoms with Gasteiger partial charge < -0.3 is 15.4 Å². The summed E-state index contributed by atoms with van der Waals surface area (Å²) < 4.78 is 5.79. The Morgan fingerprint density at radius 3 is 2.71 bits per heavy atom. The highest BCUT2D eigenvalue weighted by Crippen LogP contribution is 2.29. The first kappa shape index (κ1) is 14.8. The van der Waals surface area contributed by atoms with Gasteiger partial charge in [-0.2, -0.15) is 4.98 Å². The van der Waals surface area contributed by atoms with Crippen molar-refractivity contribution >= 4 is 17.4 Å². The predicted octanol–water partition coefficient (Wildman–Crippen LogP) is 2.83. The lowest BCUT2D eigenvalue weighted by Gasteiger charge is -2.12. The molecule has 0 unspecified atom stereocenters. The van der Waals surface area contributed by atoms with Crippen molar-refractivity contribution in [2.45, 2.75) is 20.3 Å². The Bertz CT molecular complexity index is 621. The largest absolute Gasteiger partial charge is 0.437 e. The summed E-state index contributed by atoms with van der Waals surface area (Å²) in [6, 6.07) is 8.93. The molecule has 2 N–H and O–H groups in total. The monoisotopic (exact) mass is 286 g/mol. The second-order valence-corrected chi connectivity index (χ2v) is 4.39. The van der Waals surface area contributed by atoms with Gasteiger partial charge in [-0.05, 0) is 12.1 Å². The molecule has 0 bridgehead atoms. The maximum absolute atomic E-state index is 11.2. The van der Waals surface area contributed by atoms with Gasteiger partial charge in [0, 0.05) is 26.5 Å². The third-order valence-electron chi connectivity index (χ3n) is 2.73. The molecule has 0 spiro atoms. The second-order valence-electron chi connectivity index (χ2n) is 4.39. The van der Waals surface area contributed by atoms with E-state index < -0.39 is 0 Å². The number of carbonyl (C=O) groups excluding carboxylic acids is 1. The van der Waals surface area contributed by atoms with E-state index in [4.69, 9.17) is 4.74 Å². The number of para-hydroxylation sites is 2. The molecule has 6 nitrogen and oxygen atoms in total. The molecule has 2 aromatic rings. The van der Waals surface area contributed by atoms with Gasteiger partial charge in [0.1, 0.15) is 11.6 Å². The predicted molar refractivity (Wildman–Crippen MR) is 81.8 cm³/mol. The van der Waals surface area contributed by atoms with Gasteiger partial charge in [0.25, 0.3) is 0 Å². The highest BCUT2D eigenvalue weighted by Gasteiger charge is 2.09. The Labute approximate surface area is 123 Å². The van der Waals surface area contributed by atoms with E-state index in [1.54, 1.807) is 25.2 Å². The second kappa shape index (κ2) is 6.69. The number of amides is 1. The fourth-order valence-electron chi connectivity index (χ4n) is 1.77. The average molecular weight is 286 g/mol. The number of nitrogens with one attached hydrogen (secondary N) is 2. The molecule has 0 saturated heterocycles. The Morgan fingerprint density at radius 2 is 2.05 bits per heavy atom. The minimum Gasteiger partial charge on any atom is -0.437 e. The maximum atomic E-state index is 11.2. The van der Waals surface area contributed by atoms with Crippen LogP contribution in [0.15, 0.2) is 30.3 Å². The molecule has 110 valence electrons. The van der Waals surface area contributed by atoms with Crippen LogP contribution in [0.25, 0.3) is 0 Å². The van der Waals surface area contributed by atoms with Crippen molar-refractivity contribution in [1.82, 2.24) is 9.97 Å². The molecule has 0 aliphatic rings. The smallest absolute Gasteiger partial charge is 0.224 e. The van der Waals surface area contributed by atoms with E-state index in [1.165, 1.54) is 6.92 Å². The van der Waals surface area contributed by atoms with Crippen LogP contribution in [0.1, 0.15) is 19.7 Å². The van der Waals surface area contributed by atoms with Gasteiger partial charge in [-0.25, -0.2) is 4.98 Å². The van der Waals surface area contributed by atoms with Gasteiger partial charge in [-0.3, -0.25) is 4.79 Å². The van der Waals surface area contributed by atoms with E-state index in [-0.39, 0.29) is 5.91 Å². The minimum atomic E-state index is -0.154. The molecule has 2 rings (SSSR count). The summed E-state index contributed by atoms with van der Waals surface area (Å²) in [5, 5.41) is 5.70. The van der Waals surface area contributed by atoms with Crippen molar-refractivity contribution in [1.29, 1.82) is 0 Å². The number of rotatable bonds is 5. The Balaban J connectivity index is 2.31. The first-order chi connectivity index (χ1) is 10.1. The zero-order valence-electron chi connectivity index (χ0n) is 12.3. The highest BCUT2D eigenvalue weighted by atomic mass is 16.5. The molecular formula is C15H18N4O2. The topological polar surface area (TPSA) is 76.1 Å². The summed E-state index contributed by atoms with van der Waals surface area (Å²) in [7, 11) is 1.79. The van der Waals surface area contributed by atoms with Crippen LogP contribution >= 0.6 is 0 Å². The molecule has 0 aliphatic carbocycles. The molecule has 1 heterocycles. The molecule has 1 aromatic heterocycles. The number of ether oxygens (including phenoxy) is 1. The van der Waals surface area contributed by atoms with Crippen LogP contribution in [-0.4, -0.2) is 22.9 Å². The first-order valence-electron chi connectivity index (χ1n) is 6.72. The molecule has 6 heteroatoms. The Kier molecular flexibility index (Phi) is 4.71. The zero-order valence-corrected chi connectivity index (χ0v) is 12.3. The lowest BCUT2D eigenvalue weighted by Crippen LogP contribution is -2.07. The van der Waals surface area contributed by atoms with E-state index >= 15 is 0 Å². The molecule has 1 amide bonds. The van der Waals surface area contributed by atoms with Crippen molar-refractivity contribution in [2.75, 3.05) is 17.7 Å². The van der Waals surface area contributed by atoms with Crippen LogP contribution in [0.4, 0.5) is 11.5 Å². The summed E-state index contributed by atoms with van der Waals surface area (Å²) in [5.41, 5.74) is 0.604. The molecule has 1 aromatic carbocycles. The van der Waals surface area contributed by atoms with Crippen molar-refractivity contribution in [2.24, 2.45) is 0 Å². The van der Waals surface area contributed by atoms with Crippen LogP contribution in [-0.2, 0) is 11.2 Å². The molecule has 0 aliphatic heterocycles. The lowest BCUT2D eigenvalue weighted by atomic mass is 10.3. The minimum absolute atomic E-state index is 0.154. The van der Waals surface area contributed by atoms with Gasteiger partial charge in [-0.1, -0.05) is 19.1 Å². The Morgan fingerprint density at radius 1 is 1.29 bits per heavy atom. The van der Waals surface area contributed by atoms with Crippen LogP contribution in [0.2, 0.25) is 0 Å². The van der Waals surface area contributed by atoms with Gasteiger partial charge in [0.15, 0.2) is 5.75 Å². The van der Waals surface area contributed by atoms with E-state index in [2.05, 4.69) is 20.6 Å². The van der Waals surface area contributed by atoms with Crippen LogP contribution in [0.3, 0.4) is 0 Å². The fraction of sp³-hybridized carbons (Fsp3) is 0.267. The quantitative estimate of drug-likeness (QED) is 0.884. The number of hydrogen-bond donors (Lipinski definition) is 2. The van der Waals surface area contributed by atoms with Crippen LogP contribution < -0.4 is 15.4 Å². The summed E-state index contributed by atoms with van der Waals surface area (Å²) in [4.78, 5) is 19.9. The zero-order chi connectivity index (χ0) is 15.2. The lowest BCUT2D eigenvalue weighted by molar-refractivity contribution is -0.114. The molecule has 0 fully saturated rings. The third-order valence-corrected chi connectivity index (χ3v) is 2.73. The van der Waals surface area contributed by atoms with E-state index in [9.17, 15) is 4.79 Å². The van der Waals surface area contributed by atoms with E-state index in [0.29, 0.717) is 35.4 Å². The number of hydrogen-bond acceptors (Lipinski definition) is 5. The number of aromatic nitrogens is 2. The molecule has 0 atom stereocenters. The summed E-state index contributed by atoms with van der Waals surface area (Å²) in [6.07, 6.45) is 0.708. The summed E-state index contributed by atoms with van der Waals surface area (Å²) in [6.45, 7) is 3.43.